The number of carbonyl (C=O) groups excluding carboxylic acids is 2. The van der Waals surface area contributed by atoms with Crippen LogP contribution in [0.4, 0.5) is 4.79 Å². The molecule has 0 saturated heterocycles. The van der Waals surface area contributed by atoms with Crippen LogP contribution in [-0.4, -0.2) is 36.7 Å². The number of allylic oxidation sites excluding steroid dienone is 1. The third kappa shape index (κ3) is 5.11. The van der Waals surface area contributed by atoms with E-state index in [0.29, 0.717) is 36.6 Å². The first-order chi connectivity index (χ1) is 11.3. The summed E-state index contributed by atoms with van der Waals surface area (Å²) in [6.07, 6.45) is 1.02. The second-order valence-corrected chi connectivity index (χ2v) is 5.55. The van der Waals surface area contributed by atoms with Gasteiger partial charge in [0, 0.05) is 24.7 Å². The topological polar surface area (TPSA) is 55.8 Å². The van der Waals surface area contributed by atoms with E-state index in [0.717, 1.165) is 11.1 Å². The molecule has 0 bridgehead atoms. The maximum Gasteiger partial charge on any atom is 0.415 e. The van der Waals surface area contributed by atoms with Gasteiger partial charge >= 0.3 is 12.1 Å². The molecule has 0 heterocycles. The van der Waals surface area contributed by atoms with E-state index in [4.69, 9.17) is 9.47 Å². The van der Waals surface area contributed by atoms with Gasteiger partial charge < -0.3 is 14.4 Å². The van der Waals surface area contributed by atoms with Gasteiger partial charge in [-0.15, -0.1) is 0 Å². The largest absolute Gasteiger partial charge is 0.463 e. The van der Waals surface area contributed by atoms with Crippen molar-refractivity contribution in [1.82, 2.24) is 4.90 Å². The number of esters is 1. The molecule has 0 aliphatic heterocycles. The second-order valence-electron chi connectivity index (χ2n) is 5.55. The molecule has 5 heteroatoms. The average molecular weight is 333 g/mol. The lowest BCUT2D eigenvalue weighted by Gasteiger charge is -2.20. The first kappa shape index (κ1) is 19.7. The SMILES string of the molecule is CCOC(=O)/C=C(\C)c1cc(C)c(C)cc1OC(=O)N(CC)CC. The maximum atomic E-state index is 12.3. The zero-order valence-electron chi connectivity index (χ0n) is 15.4. The third-order valence-electron chi connectivity index (χ3n) is 3.86. The number of carbonyl (C=O) groups is 2. The molecule has 132 valence electrons. The molecule has 24 heavy (non-hydrogen) atoms. The second kappa shape index (κ2) is 9.11. The third-order valence-corrected chi connectivity index (χ3v) is 3.86. The van der Waals surface area contributed by atoms with Crippen LogP contribution in [0.25, 0.3) is 5.57 Å². The van der Waals surface area contributed by atoms with Gasteiger partial charge in [0.1, 0.15) is 5.75 Å². The molecule has 1 aromatic carbocycles. The van der Waals surface area contributed by atoms with Crippen molar-refractivity contribution >= 4 is 17.6 Å². The van der Waals surface area contributed by atoms with Crippen LogP contribution >= 0.6 is 0 Å². The fourth-order valence-electron chi connectivity index (χ4n) is 2.26. The number of hydrogen-bond donors (Lipinski definition) is 0. The van der Waals surface area contributed by atoms with Crippen LogP contribution in [0.1, 0.15) is 44.4 Å². The molecule has 1 amide bonds. The average Bonchev–Trinajstić information content (AvgIpc) is 2.51. The first-order valence-electron chi connectivity index (χ1n) is 8.27. The van der Waals surface area contributed by atoms with Crippen LogP contribution in [-0.2, 0) is 9.53 Å². The van der Waals surface area contributed by atoms with Crippen molar-refractivity contribution in [3.8, 4) is 5.75 Å². The number of hydrogen-bond acceptors (Lipinski definition) is 4. The number of ether oxygens (including phenoxy) is 2. The van der Waals surface area contributed by atoms with E-state index in [1.165, 1.54) is 6.08 Å². The number of aryl methyl sites for hydroxylation is 2. The standard InChI is InChI=1S/C19H27NO4/c1-7-20(8-2)19(22)24-17-11-14(5)13(4)10-16(17)15(6)12-18(21)23-9-3/h10-12H,7-9H2,1-6H3/b15-12+. The smallest absolute Gasteiger partial charge is 0.415 e. The Morgan fingerprint density at radius 1 is 1.08 bits per heavy atom. The van der Waals surface area contributed by atoms with Crippen LogP contribution in [0.2, 0.25) is 0 Å². The summed E-state index contributed by atoms with van der Waals surface area (Å²) >= 11 is 0. The minimum atomic E-state index is -0.408. The van der Waals surface area contributed by atoms with Crippen LogP contribution < -0.4 is 4.74 Å². The van der Waals surface area contributed by atoms with Crippen molar-refractivity contribution in [3.63, 3.8) is 0 Å². The predicted molar refractivity (Wildman–Crippen MR) is 95.1 cm³/mol. The molecule has 5 nitrogen and oxygen atoms in total. The van der Waals surface area contributed by atoms with Crippen molar-refractivity contribution in [3.05, 3.63) is 34.9 Å². The van der Waals surface area contributed by atoms with E-state index >= 15 is 0 Å². The van der Waals surface area contributed by atoms with Gasteiger partial charge in [-0.1, -0.05) is 0 Å². The van der Waals surface area contributed by atoms with Crippen LogP contribution in [0.3, 0.4) is 0 Å². The van der Waals surface area contributed by atoms with Gasteiger partial charge in [0.2, 0.25) is 0 Å². The van der Waals surface area contributed by atoms with Crippen LogP contribution in [0.5, 0.6) is 5.75 Å². The summed E-state index contributed by atoms with van der Waals surface area (Å²) in [6.45, 7) is 12.8. The van der Waals surface area contributed by atoms with E-state index in [1.807, 2.05) is 39.8 Å². The fourth-order valence-corrected chi connectivity index (χ4v) is 2.26. The van der Waals surface area contributed by atoms with Gasteiger partial charge in [-0.3, -0.25) is 0 Å². The minimum absolute atomic E-state index is 0.319. The maximum absolute atomic E-state index is 12.3. The Morgan fingerprint density at radius 3 is 2.21 bits per heavy atom. The molecule has 0 fully saturated rings. The van der Waals surface area contributed by atoms with Gasteiger partial charge in [0.15, 0.2) is 0 Å². The quantitative estimate of drug-likeness (QED) is 0.581. The summed E-state index contributed by atoms with van der Waals surface area (Å²) < 4.78 is 10.5. The molecular weight excluding hydrogens is 306 g/mol. The highest BCUT2D eigenvalue weighted by Gasteiger charge is 2.17. The molecule has 0 saturated carbocycles. The molecule has 0 aromatic heterocycles. The molecule has 0 atom stereocenters. The zero-order chi connectivity index (χ0) is 18.3. The van der Waals surface area contributed by atoms with E-state index in [9.17, 15) is 9.59 Å². The molecule has 0 N–H and O–H groups in total. The summed E-state index contributed by atoms with van der Waals surface area (Å²) in [4.78, 5) is 25.6. The number of nitrogens with zero attached hydrogens (tertiary/aromatic N) is 1. The molecule has 0 aliphatic rings. The van der Waals surface area contributed by atoms with E-state index < -0.39 is 12.1 Å². The number of amides is 1. The van der Waals surface area contributed by atoms with Crippen molar-refractivity contribution in [2.24, 2.45) is 0 Å². The Hall–Kier alpha value is -2.30. The molecular formula is C19H27NO4. The van der Waals surface area contributed by atoms with Gasteiger partial charge in [0.25, 0.3) is 0 Å². The van der Waals surface area contributed by atoms with Gasteiger partial charge in [-0.05, 0) is 70.4 Å². The molecule has 0 radical (unpaired) electrons. The van der Waals surface area contributed by atoms with Gasteiger partial charge in [-0.25, -0.2) is 9.59 Å². The first-order valence-corrected chi connectivity index (χ1v) is 8.27. The summed E-state index contributed by atoms with van der Waals surface area (Å²) in [5.74, 6) is 0.0438. The van der Waals surface area contributed by atoms with E-state index in [2.05, 4.69) is 0 Å². The normalized spacial score (nSPS) is 11.2. The van der Waals surface area contributed by atoms with Crippen LogP contribution in [0.15, 0.2) is 18.2 Å². The Morgan fingerprint density at radius 2 is 1.67 bits per heavy atom. The monoisotopic (exact) mass is 333 g/mol. The molecule has 0 aliphatic carbocycles. The predicted octanol–water partition coefficient (Wildman–Crippen LogP) is 4.11. The van der Waals surface area contributed by atoms with Crippen molar-refractivity contribution < 1.29 is 19.1 Å². The highest BCUT2D eigenvalue weighted by Crippen LogP contribution is 2.30. The molecule has 1 aromatic rings. The van der Waals surface area contributed by atoms with Crippen molar-refractivity contribution in [2.45, 2.75) is 41.5 Å². The Kier molecular flexibility index (Phi) is 7.49. The highest BCUT2D eigenvalue weighted by atomic mass is 16.6. The van der Waals surface area contributed by atoms with Crippen molar-refractivity contribution in [2.75, 3.05) is 19.7 Å². The highest BCUT2D eigenvalue weighted by molar-refractivity contribution is 5.92. The summed E-state index contributed by atoms with van der Waals surface area (Å²) in [7, 11) is 0. The summed E-state index contributed by atoms with van der Waals surface area (Å²) in [5.41, 5.74) is 3.49. The number of benzene rings is 1. The van der Waals surface area contributed by atoms with Crippen LogP contribution in [0, 0.1) is 13.8 Å². The summed E-state index contributed by atoms with van der Waals surface area (Å²) in [6, 6.07) is 3.75. The summed E-state index contributed by atoms with van der Waals surface area (Å²) in [5, 5.41) is 0. The van der Waals surface area contributed by atoms with Gasteiger partial charge in [0.05, 0.1) is 6.61 Å². The lowest BCUT2D eigenvalue weighted by molar-refractivity contribution is -0.137. The fraction of sp³-hybridized carbons (Fsp3) is 0.474. The lowest BCUT2D eigenvalue weighted by Crippen LogP contribution is -2.33. The Balaban J connectivity index is 3.22. The van der Waals surface area contributed by atoms with Gasteiger partial charge in [-0.2, -0.15) is 0 Å². The lowest BCUT2D eigenvalue weighted by atomic mass is 10.00. The molecule has 0 unspecified atom stereocenters. The van der Waals surface area contributed by atoms with Crippen molar-refractivity contribution in [1.29, 1.82) is 0 Å². The van der Waals surface area contributed by atoms with E-state index in [1.54, 1.807) is 18.7 Å². The molecule has 1 rings (SSSR count). The van der Waals surface area contributed by atoms with E-state index in [-0.39, 0.29) is 0 Å². The Labute approximate surface area is 144 Å². The minimum Gasteiger partial charge on any atom is -0.463 e. The Bertz CT molecular complexity index is 630. The number of rotatable bonds is 6. The molecule has 0 spiro atoms. The zero-order valence-corrected chi connectivity index (χ0v) is 15.4.